The number of aromatic nitrogens is 2. The van der Waals surface area contributed by atoms with E-state index in [4.69, 9.17) is 5.11 Å². The van der Waals surface area contributed by atoms with E-state index in [9.17, 15) is 4.79 Å². The predicted octanol–water partition coefficient (Wildman–Crippen LogP) is 1.75. The quantitative estimate of drug-likeness (QED) is 0.847. The van der Waals surface area contributed by atoms with Gasteiger partial charge in [-0.15, -0.1) is 0 Å². The maximum Gasteiger partial charge on any atom is 0.327 e. The number of carboxylic acid groups (broad SMARTS) is 1. The van der Waals surface area contributed by atoms with Gasteiger partial charge < -0.3 is 9.67 Å². The average Bonchev–Trinajstić information content (AvgIpc) is 2.80. The number of carbonyl (C=O) groups is 1. The van der Waals surface area contributed by atoms with Gasteiger partial charge in [0.15, 0.2) is 0 Å². The maximum absolute atomic E-state index is 11.2. The molecule has 2 rings (SSSR count). The Labute approximate surface area is 93.2 Å². The highest BCUT2D eigenvalue weighted by Gasteiger charge is 2.18. The van der Waals surface area contributed by atoms with Crippen molar-refractivity contribution in [2.24, 2.45) is 0 Å². The first-order valence-electron chi connectivity index (χ1n) is 5.01. The second-order valence-electron chi connectivity index (χ2n) is 3.55. The molecule has 82 valence electrons. The Hall–Kier alpha value is -2.10. The van der Waals surface area contributed by atoms with Crippen LogP contribution in [0.3, 0.4) is 0 Å². The molecule has 0 aliphatic rings. The molecule has 0 aliphatic heterocycles. The fraction of sp³-hybridized carbons (Fsp3) is 0.167. The number of hydrogen-bond donors (Lipinski definition) is 1. The number of aliphatic carboxylic acids is 1. The zero-order valence-corrected chi connectivity index (χ0v) is 8.65. The third kappa shape index (κ3) is 2.28. The standard InChI is InChI=1S/C12H12N2O2/c15-12(16)11(14-7-6-13-9-14)8-10-4-2-1-3-5-10/h1-7,9,11H,8H2,(H,15,16). The predicted molar refractivity (Wildman–Crippen MR) is 59.0 cm³/mol. The Kier molecular flexibility index (Phi) is 3.00. The van der Waals surface area contributed by atoms with Gasteiger partial charge in [0.2, 0.25) is 0 Å². The van der Waals surface area contributed by atoms with Crippen molar-refractivity contribution in [2.45, 2.75) is 12.5 Å². The maximum atomic E-state index is 11.2. The van der Waals surface area contributed by atoms with Crippen LogP contribution in [0.5, 0.6) is 0 Å². The molecular weight excluding hydrogens is 204 g/mol. The number of nitrogens with zero attached hydrogens (tertiary/aromatic N) is 2. The summed E-state index contributed by atoms with van der Waals surface area (Å²) in [5, 5.41) is 9.16. The molecule has 1 aromatic carbocycles. The summed E-state index contributed by atoms with van der Waals surface area (Å²) in [5.41, 5.74) is 1.00. The largest absolute Gasteiger partial charge is 0.480 e. The van der Waals surface area contributed by atoms with Gasteiger partial charge in [-0.25, -0.2) is 9.78 Å². The van der Waals surface area contributed by atoms with Gasteiger partial charge >= 0.3 is 5.97 Å². The second-order valence-corrected chi connectivity index (χ2v) is 3.55. The highest BCUT2D eigenvalue weighted by Crippen LogP contribution is 2.14. The topological polar surface area (TPSA) is 55.1 Å². The SMILES string of the molecule is O=C(O)C(Cc1ccccc1)n1ccnc1. The first-order valence-corrected chi connectivity index (χ1v) is 5.01. The van der Waals surface area contributed by atoms with Gasteiger partial charge in [-0.1, -0.05) is 30.3 Å². The van der Waals surface area contributed by atoms with E-state index in [1.54, 1.807) is 17.0 Å². The van der Waals surface area contributed by atoms with E-state index in [1.165, 1.54) is 6.33 Å². The third-order valence-corrected chi connectivity index (χ3v) is 2.44. The van der Waals surface area contributed by atoms with Crippen LogP contribution in [0.1, 0.15) is 11.6 Å². The van der Waals surface area contributed by atoms with Gasteiger partial charge in [0.1, 0.15) is 6.04 Å². The second kappa shape index (κ2) is 4.61. The summed E-state index contributed by atoms with van der Waals surface area (Å²) in [7, 11) is 0. The van der Waals surface area contributed by atoms with Crippen LogP contribution in [0.25, 0.3) is 0 Å². The van der Waals surface area contributed by atoms with Crippen LogP contribution >= 0.6 is 0 Å². The Bertz CT molecular complexity index is 451. The summed E-state index contributed by atoms with van der Waals surface area (Å²) in [4.78, 5) is 15.0. The molecule has 2 aromatic rings. The highest BCUT2D eigenvalue weighted by atomic mass is 16.4. The molecular formula is C12H12N2O2. The summed E-state index contributed by atoms with van der Waals surface area (Å²) >= 11 is 0. The van der Waals surface area contributed by atoms with Gasteiger partial charge in [-0.2, -0.15) is 0 Å². The van der Waals surface area contributed by atoms with Crippen LogP contribution in [0.15, 0.2) is 49.1 Å². The number of benzene rings is 1. The number of hydrogen-bond acceptors (Lipinski definition) is 2. The first kappa shape index (κ1) is 10.4. The van der Waals surface area contributed by atoms with Crippen molar-refractivity contribution in [3.63, 3.8) is 0 Å². The molecule has 1 aromatic heterocycles. The van der Waals surface area contributed by atoms with Gasteiger partial charge in [-0.3, -0.25) is 0 Å². The minimum Gasteiger partial charge on any atom is -0.480 e. The summed E-state index contributed by atoms with van der Waals surface area (Å²) < 4.78 is 1.61. The lowest BCUT2D eigenvalue weighted by molar-refractivity contribution is -0.140. The van der Waals surface area contributed by atoms with Crippen LogP contribution in [0.2, 0.25) is 0 Å². The monoisotopic (exact) mass is 216 g/mol. The molecule has 1 atom stereocenters. The molecule has 4 heteroatoms. The van der Waals surface area contributed by atoms with E-state index in [-0.39, 0.29) is 0 Å². The van der Waals surface area contributed by atoms with Crippen LogP contribution in [-0.4, -0.2) is 20.6 Å². The van der Waals surface area contributed by atoms with E-state index >= 15 is 0 Å². The zero-order valence-electron chi connectivity index (χ0n) is 8.65. The van der Waals surface area contributed by atoms with Crippen molar-refractivity contribution in [3.8, 4) is 0 Å². The minimum absolute atomic E-state index is 0.465. The lowest BCUT2D eigenvalue weighted by Crippen LogP contribution is -2.20. The van der Waals surface area contributed by atoms with Crippen molar-refractivity contribution < 1.29 is 9.90 Å². The Morgan fingerprint density at radius 1 is 1.38 bits per heavy atom. The van der Waals surface area contributed by atoms with Gasteiger partial charge in [0.25, 0.3) is 0 Å². The van der Waals surface area contributed by atoms with Crippen LogP contribution in [0.4, 0.5) is 0 Å². The number of carboxylic acids is 1. The van der Waals surface area contributed by atoms with Gasteiger partial charge in [0, 0.05) is 18.8 Å². The van der Waals surface area contributed by atoms with Gasteiger partial charge in [-0.05, 0) is 5.56 Å². The normalized spacial score (nSPS) is 12.2. The molecule has 0 saturated carbocycles. The van der Waals surface area contributed by atoms with E-state index in [2.05, 4.69) is 4.98 Å². The van der Waals surface area contributed by atoms with E-state index in [0.29, 0.717) is 6.42 Å². The van der Waals surface area contributed by atoms with Crippen molar-refractivity contribution in [3.05, 3.63) is 54.6 Å². The van der Waals surface area contributed by atoms with E-state index < -0.39 is 12.0 Å². The molecule has 4 nitrogen and oxygen atoms in total. The Morgan fingerprint density at radius 3 is 2.69 bits per heavy atom. The fourth-order valence-corrected chi connectivity index (χ4v) is 1.61. The molecule has 16 heavy (non-hydrogen) atoms. The molecule has 0 spiro atoms. The van der Waals surface area contributed by atoms with Crippen LogP contribution in [-0.2, 0) is 11.2 Å². The first-order chi connectivity index (χ1) is 7.77. The third-order valence-electron chi connectivity index (χ3n) is 2.44. The highest BCUT2D eigenvalue weighted by molar-refractivity contribution is 5.72. The molecule has 1 heterocycles. The van der Waals surface area contributed by atoms with E-state index in [0.717, 1.165) is 5.56 Å². The zero-order chi connectivity index (χ0) is 11.4. The summed E-state index contributed by atoms with van der Waals surface area (Å²) in [5.74, 6) is -0.846. The van der Waals surface area contributed by atoms with Crippen LogP contribution < -0.4 is 0 Å². The molecule has 0 radical (unpaired) electrons. The van der Waals surface area contributed by atoms with Crippen molar-refractivity contribution in [2.75, 3.05) is 0 Å². The molecule has 0 saturated heterocycles. The minimum atomic E-state index is -0.846. The molecule has 0 amide bonds. The Balaban J connectivity index is 2.19. The van der Waals surface area contributed by atoms with Crippen molar-refractivity contribution in [1.82, 2.24) is 9.55 Å². The number of rotatable bonds is 4. The molecule has 0 aliphatic carbocycles. The summed E-state index contributed by atoms with van der Waals surface area (Å²) in [6.07, 6.45) is 5.25. The number of imidazole rings is 1. The van der Waals surface area contributed by atoms with Crippen molar-refractivity contribution >= 4 is 5.97 Å². The molecule has 0 bridgehead atoms. The fourth-order valence-electron chi connectivity index (χ4n) is 1.61. The van der Waals surface area contributed by atoms with Crippen LogP contribution in [0, 0.1) is 0 Å². The molecule has 1 N–H and O–H groups in total. The van der Waals surface area contributed by atoms with E-state index in [1.807, 2.05) is 30.3 Å². The molecule has 0 fully saturated rings. The van der Waals surface area contributed by atoms with Gasteiger partial charge in [0.05, 0.1) is 6.33 Å². The smallest absolute Gasteiger partial charge is 0.327 e. The summed E-state index contributed by atoms with van der Waals surface area (Å²) in [6.45, 7) is 0. The lowest BCUT2D eigenvalue weighted by Gasteiger charge is -2.13. The lowest BCUT2D eigenvalue weighted by atomic mass is 10.1. The Morgan fingerprint density at radius 2 is 2.12 bits per heavy atom. The summed E-state index contributed by atoms with van der Waals surface area (Å²) in [6, 6.07) is 8.98. The average molecular weight is 216 g/mol. The van der Waals surface area contributed by atoms with Crippen molar-refractivity contribution in [1.29, 1.82) is 0 Å². The molecule has 1 unspecified atom stereocenters.